The second kappa shape index (κ2) is 13.8. The molecule has 10 N–H and O–H groups in total. The van der Waals surface area contributed by atoms with Crippen LogP contribution in [0.5, 0.6) is 0 Å². The van der Waals surface area contributed by atoms with Crippen LogP contribution < -0.4 is 37.3 Å². The van der Waals surface area contributed by atoms with Gasteiger partial charge in [0.1, 0.15) is 36.6 Å². The van der Waals surface area contributed by atoms with Gasteiger partial charge in [0.2, 0.25) is 11.9 Å². The molecule has 6 unspecified atom stereocenters. The summed E-state index contributed by atoms with van der Waals surface area (Å²) in [5, 5.41) is 42.1. The van der Waals surface area contributed by atoms with E-state index in [0.717, 1.165) is 9.13 Å². The van der Waals surface area contributed by atoms with E-state index in [4.69, 9.17) is 20.9 Å². The summed E-state index contributed by atoms with van der Waals surface area (Å²) in [5.74, 6) is -0.571. The number of nitrogens with two attached hydrogens (primary N) is 2. The maximum absolute atomic E-state index is 12.3. The van der Waals surface area contributed by atoms with E-state index < -0.39 is 96.9 Å². The predicted molar refractivity (Wildman–Crippen MR) is 163 cm³/mol. The molecule has 4 aromatic heterocycles. The number of H-pyrrole nitrogens is 2. The second-order valence-corrected chi connectivity index (χ2v) is 16.0. The lowest BCUT2D eigenvalue weighted by Gasteiger charge is -2.34. The summed E-state index contributed by atoms with van der Waals surface area (Å²) in [6.07, 6.45) is -10.9. The molecule has 2 aliphatic heterocycles. The number of hydrogen-bond acceptors (Lipinski definition) is 22. The molecule has 4 aromatic rings. The molecule has 0 radical (unpaired) electrons. The van der Waals surface area contributed by atoms with Crippen LogP contribution in [-0.4, -0.2) is 99.3 Å². The average molecular weight is 797 g/mol. The molecule has 0 aliphatic carbocycles. The second-order valence-electron chi connectivity index (χ2n) is 11.5. The first-order valence-electron chi connectivity index (χ1n) is 14.6. The predicted octanol–water partition coefficient (Wildman–Crippen LogP) is -4.35. The first kappa shape index (κ1) is 38.3. The molecule has 2 fully saturated rings. The first-order chi connectivity index (χ1) is 24.2. The standard InChI is InChI=1S/C23H31N8O18P3/c1-7-4-31(17-11(7)19(37)29-23(25)27-17)21-15(35)13(33)10(47-21)6-45-51(40,41)49-52(42,43)48-50(38,39)44-5-9-12(32)14(34)20(46-9)30-3-2-8-16(30)26-22(24)28-18(8)36/h2-4,9-10,12-15,20-21,32-35H,5-6H2,1H3,(H,38,39)(H,40,41)(H,42,43)(H3,24,26,28,36)(H3,25,27,29,37)/p-3/t9-,10-,12+,13?,14?,15?,20-,21-/m1/s1. The van der Waals surface area contributed by atoms with E-state index in [1.54, 1.807) is 0 Å². The van der Waals surface area contributed by atoms with Crippen molar-refractivity contribution in [2.45, 2.75) is 56.0 Å². The summed E-state index contributed by atoms with van der Waals surface area (Å²) >= 11 is 0. The Kier molecular flexibility index (Phi) is 10.2. The molecular formula is C23H28N8O18P3-3. The van der Waals surface area contributed by atoms with E-state index in [1.807, 2.05) is 0 Å². The largest absolute Gasteiger partial charge is 0.756 e. The number of nitrogen functional groups attached to an aromatic ring is 2. The molecule has 6 heterocycles. The monoisotopic (exact) mass is 797 g/mol. The van der Waals surface area contributed by atoms with E-state index in [9.17, 15) is 58.4 Å². The number of aliphatic hydroxyl groups is 4. The van der Waals surface area contributed by atoms with Gasteiger partial charge in [-0.05, 0) is 18.6 Å². The van der Waals surface area contributed by atoms with Gasteiger partial charge in [0, 0.05) is 12.4 Å². The van der Waals surface area contributed by atoms with Gasteiger partial charge in [-0.1, -0.05) is 0 Å². The van der Waals surface area contributed by atoms with Crippen molar-refractivity contribution in [2.75, 3.05) is 24.7 Å². The lowest BCUT2D eigenvalue weighted by Crippen LogP contribution is -2.34. The maximum atomic E-state index is 12.3. The number of aromatic amines is 2. The molecule has 11 atom stereocenters. The molecule has 286 valence electrons. The number of nitrogens with one attached hydrogen (secondary N) is 2. The van der Waals surface area contributed by atoms with Gasteiger partial charge < -0.3 is 74.2 Å². The van der Waals surface area contributed by atoms with E-state index >= 15 is 0 Å². The van der Waals surface area contributed by atoms with Gasteiger partial charge in [0.05, 0.1) is 24.0 Å². The Morgan fingerprint density at radius 1 is 0.788 bits per heavy atom. The zero-order chi connectivity index (χ0) is 38.1. The Labute approximate surface area is 287 Å². The van der Waals surface area contributed by atoms with Crippen molar-refractivity contribution in [2.24, 2.45) is 0 Å². The minimum Gasteiger partial charge on any atom is -0.756 e. The Hall–Kier alpha value is -3.39. The number of hydrogen-bond donors (Lipinski definition) is 8. The zero-order valence-corrected chi connectivity index (χ0v) is 28.7. The van der Waals surface area contributed by atoms with Crippen LogP contribution in [0.15, 0.2) is 28.0 Å². The van der Waals surface area contributed by atoms with E-state index in [2.05, 4.69) is 37.6 Å². The summed E-state index contributed by atoms with van der Waals surface area (Å²) in [4.78, 5) is 73.8. The summed E-state index contributed by atoms with van der Waals surface area (Å²) in [6, 6.07) is 1.30. The van der Waals surface area contributed by atoms with Gasteiger partial charge in [-0.25, -0.2) is 8.62 Å². The zero-order valence-electron chi connectivity index (χ0n) is 26.1. The number of phosphoric acid groups is 3. The van der Waals surface area contributed by atoms with Crippen LogP contribution >= 0.6 is 23.5 Å². The van der Waals surface area contributed by atoms with Crippen LogP contribution in [0.25, 0.3) is 22.1 Å². The van der Waals surface area contributed by atoms with Gasteiger partial charge in [-0.3, -0.25) is 33.3 Å². The summed E-state index contributed by atoms with van der Waals surface area (Å²) in [6.45, 7) is -0.824. The Morgan fingerprint density at radius 3 is 1.81 bits per heavy atom. The van der Waals surface area contributed by atoms with E-state index in [1.165, 1.54) is 25.4 Å². The third kappa shape index (κ3) is 7.51. The number of anilines is 2. The number of aliphatic hydroxyl groups excluding tert-OH is 4. The summed E-state index contributed by atoms with van der Waals surface area (Å²) in [7, 11) is -18.4. The van der Waals surface area contributed by atoms with Crippen LogP contribution in [0, 0.1) is 6.92 Å². The van der Waals surface area contributed by atoms with Gasteiger partial charge in [0.15, 0.2) is 23.8 Å². The van der Waals surface area contributed by atoms with Crippen molar-refractivity contribution < 1.29 is 75.9 Å². The summed E-state index contributed by atoms with van der Waals surface area (Å²) in [5.41, 5.74) is 10.2. The smallest absolute Gasteiger partial charge is 0.280 e. The molecule has 0 bridgehead atoms. The third-order valence-electron chi connectivity index (χ3n) is 7.91. The number of phosphoric ester groups is 2. The van der Waals surface area contributed by atoms with Gasteiger partial charge in [-0.2, -0.15) is 9.97 Å². The molecule has 0 spiro atoms. The van der Waals surface area contributed by atoms with Crippen molar-refractivity contribution in [3.8, 4) is 0 Å². The Bertz CT molecular complexity index is 2280. The highest BCUT2D eigenvalue weighted by atomic mass is 31.3. The fraction of sp³-hybridized carbons (Fsp3) is 0.478. The van der Waals surface area contributed by atoms with Crippen molar-refractivity contribution in [1.29, 1.82) is 0 Å². The molecule has 29 heteroatoms. The number of aromatic nitrogens is 6. The summed E-state index contributed by atoms with van der Waals surface area (Å²) < 4.78 is 66.5. The number of aryl methyl sites for hydroxylation is 1. The highest BCUT2D eigenvalue weighted by Crippen LogP contribution is 2.63. The van der Waals surface area contributed by atoms with Gasteiger partial charge >= 0.3 is 0 Å². The molecule has 0 saturated carbocycles. The lowest BCUT2D eigenvalue weighted by molar-refractivity contribution is -0.252. The highest BCUT2D eigenvalue weighted by molar-refractivity contribution is 7.65. The number of nitrogens with zero attached hydrogens (tertiary/aromatic N) is 4. The fourth-order valence-corrected chi connectivity index (χ4v) is 9.03. The molecule has 6 rings (SSSR count). The molecule has 2 saturated heterocycles. The maximum Gasteiger partial charge on any atom is 0.280 e. The third-order valence-corrected chi connectivity index (χ3v) is 12.0. The van der Waals surface area contributed by atoms with Crippen molar-refractivity contribution in [1.82, 2.24) is 29.1 Å². The number of ether oxygens (including phenoxy) is 2. The molecule has 52 heavy (non-hydrogen) atoms. The highest BCUT2D eigenvalue weighted by Gasteiger charge is 2.46. The molecule has 2 aliphatic rings. The SMILES string of the molecule is Cc1cn([C@@H]2O[C@H](COP(=O)([O-])OP(=O)([O-])OP(=O)([O-])OC[C@H]3O[C@@H](n4ccc5c(=O)[nH]c(N)nc54)C(O)[C@H]3O)C(O)C2O)c2nc(N)[nH]c(=O)c12. The van der Waals surface area contributed by atoms with Crippen LogP contribution in [0.4, 0.5) is 11.9 Å². The minimum absolute atomic E-state index is 0.0272. The van der Waals surface area contributed by atoms with E-state index in [-0.39, 0.29) is 34.0 Å². The van der Waals surface area contributed by atoms with Crippen LogP contribution in [0.3, 0.4) is 0 Å². The fourth-order valence-electron chi connectivity index (χ4n) is 5.64. The Morgan fingerprint density at radius 2 is 1.27 bits per heavy atom. The van der Waals surface area contributed by atoms with Crippen LogP contribution in [0.1, 0.15) is 18.0 Å². The van der Waals surface area contributed by atoms with E-state index in [0.29, 0.717) is 5.56 Å². The van der Waals surface area contributed by atoms with Crippen molar-refractivity contribution >= 4 is 57.4 Å². The lowest BCUT2D eigenvalue weighted by atomic mass is 10.1. The van der Waals surface area contributed by atoms with Crippen molar-refractivity contribution in [3.63, 3.8) is 0 Å². The molecule has 0 amide bonds. The number of fused-ring (bicyclic) bond motifs is 2. The van der Waals surface area contributed by atoms with Gasteiger partial charge in [0.25, 0.3) is 34.6 Å². The molecular weight excluding hydrogens is 769 g/mol. The quantitative estimate of drug-likeness (QED) is 0.0628. The normalized spacial score (nSPS) is 30.1. The van der Waals surface area contributed by atoms with Crippen LogP contribution in [-0.2, 0) is 40.8 Å². The molecule has 0 aromatic carbocycles. The van der Waals surface area contributed by atoms with Crippen LogP contribution in [0.2, 0.25) is 0 Å². The topological polar surface area (TPSA) is 410 Å². The first-order valence-corrected chi connectivity index (χ1v) is 19.0. The molecule has 26 nitrogen and oxygen atoms in total. The number of rotatable bonds is 12. The average Bonchev–Trinajstić information content (AvgIpc) is 3.74. The Balaban J connectivity index is 1.05. The minimum atomic E-state index is -6.37. The van der Waals surface area contributed by atoms with Crippen molar-refractivity contribution in [3.05, 3.63) is 44.7 Å². The van der Waals surface area contributed by atoms with Gasteiger partial charge in [-0.15, -0.1) is 0 Å².